The van der Waals surface area contributed by atoms with Crippen LogP contribution in [0.15, 0.2) is 16.9 Å². The van der Waals surface area contributed by atoms with Crippen molar-refractivity contribution in [3.8, 4) is 0 Å². The van der Waals surface area contributed by atoms with Gasteiger partial charge in [-0.05, 0) is 50.5 Å². The van der Waals surface area contributed by atoms with Crippen molar-refractivity contribution in [2.45, 2.75) is 38.9 Å². The van der Waals surface area contributed by atoms with E-state index >= 15 is 0 Å². The highest BCUT2D eigenvalue weighted by molar-refractivity contribution is 7.05. The van der Waals surface area contributed by atoms with E-state index in [0.717, 1.165) is 42.3 Å². The summed E-state index contributed by atoms with van der Waals surface area (Å²) in [6.07, 6.45) is 1.21. The van der Waals surface area contributed by atoms with E-state index in [-0.39, 0.29) is 30.4 Å². The Bertz CT molecular complexity index is 809. The van der Waals surface area contributed by atoms with Crippen LogP contribution in [0.25, 0.3) is 0 Å². The molecule has 26 heavy (non-hydrogen) atoms. The normalized spacial score (nSPS) is 20.9. The topological polar surface area (TPSA) is 63.1 Å². The Balaban J connectivity index is 0.00000121. The van der Waals surface area contributed by atoms with Crippen LogP contribution in [-0.4, -0.2) is 39.2 Å². The fourth-order valence-electron chi connectivity index (χ4n) is 3.94. The zero-order valence-electron chi connectivity index (χ0n) is 15.0. The molecule has 2 aliphatic heterocycles. The van der Waals surface area contributed by atoms with E-state index in [0.29, 0.717) is 18.4 Å². The van der Waals surface area contributed by atoms with Crippen LogP contribution in [0.2, 0.25) is 0 Å². The molecule has 0 radical (unpaired) electrons. The standard InChI is InChI=1S/C17H23N5OS.2ClH/c1-11-16(24-20-19-11)10-21(2)9-13-3-4-15-14-5-12(6-18-7-14)8-22(15)17(13)23;;/h3-4,12,14,18H,5-10H2,1-2H3;2*1H/t12-,14+;;/m0../s1. The minimum atomic E-state index is 0. The Morgan fingerprint density at radius 1 is 1.31 bits per heavy atom. The van der Waals surface area contributed by atoms with Crippen LogP contribution in [0.5, 0.6) is 0 Å². The number of hydrogen-bond donors (Lipinski definition) is 1. The van der Waals surface area contributed by atoms with Gasteiger partial charge in [0.1, 0.15) is 0 Å². The fraction of sp³-hybridized carbons (Fsp3) is 0.588. The maximum Gasteiger partial charge on any atom is 0.255 e. The molecular formula is C17H25Cl2N5OS. The van der Waals surface area contributed by atoms with Gasteiger partial charge < -0.3 is 9.88 Å². The zero-order chi connectivity index (χ0) is 16.7. The summed E-state index contributed by atoms with van der Waals surface area (Å²) >= 11 is 1.43. The van der Waals surface area contributed by atoms with Gasteiger partial charge in [0.25, 0.3) is 5.56 Å². The Morgan fingerprint density at radius 2 is 2.12 bits per heavy atom. The summed E-state index contributed by atoms with van der Waals surface area (Å²) in [4.78, 5) is 16.3. The molecule has 2 atom stereocenters. The van der Waals surface area contributed by atoms with Crippen LogP contribution < -0.4 is 10.9 Å². The highest BCUT2D eigenvalue weighted by Gasteiger charge is 2.31. The van der Waals surface area contributed by atoms with Gasteiger partial charge in [0.15, 0.2) is 0 Å². The third kappa shape index (κ3) is 4.12. The quantitative estimate of drug-likeness (QED) is 0.825. The molecule has 4 rings (SSSR count). The maximum atomic E-state index is 12.9. The molecule has 1 saturated heterocycles. The van der Waals surface area contributed by atoms with Crippen LogP contribution in [0.4, 0.5) is 0 Å². The molecular weight excluding hydrogens is 393 g/mol. The van der Waals surface area contributed by atoms with Crippen LogP contribution in [0.1, 0.15) is 34.2 Å². The lowest BCUT2D eigenvalue weighted by atomic mass is 9.84. The van der Waals surface area contributed by atoms with Crippen LogP contribution in [0, 0.1) is 12.8 Å². The van der Waals surface area contributed by atoms with Crippen molar-refractivity contribution >= 4 is 36.3 Å². The van der Waals surface area contributed by atoms with Gasteiger partial charge in [0, 0.05) is 43.4 Å². The van der Waals surface area contributed by atoms with Gasteiger partial charge in [-0.3, -0.25) is 9.69 Å². The summed E-state index contributed by atoms with van der Waals surface area (Å²) in [6, 6.07) is 4.19. The first-order valence-corrected chi connectivity index (χ1v) is 9.29. The fourth-order valence-corrected chi connectivity index (χ4v) is 4.66. The third-order valence-electron chi connectivity index (χ3n) is 5.19. The van der Waals surface area contributed by atoms with Crippen molar-refractivity contribution in [3.05, 3.63) is 44.3 Å². The van der Waals surface area contributed by atoms with Gasteiger partial charge in [-0.2, -0.15) is 0 Å². The number of halogens is 2. The molecule has 2 aliphatic rings. The summed E-state index contributed by atoms with van der Waals surface area (Å²) < 4.78 is 6.01. The number of fused-ring (bicyclic) bond motifs is 4. The first-order chi connectivity index (χ1) is 11.6. The van der Waals surface area contributed by atoms with Gasteiger partial charge in [0.2, 0.25) is 0 Å². The van der Waals surface area contributed by atoms with E-state index in [9.17, 15) is 4.79 Å². The zero-order valence-corrected chi connectivity index (χ0v) is 17.4. The largest absolute Gasteiger partial charge is 0.316 e. The second-order valence-electron chi connectivity index (χ2n) is 7.11. The highest BCUT2D eigenvalue weighted by atomic mass is 35.5. The molecule has 1 fully saturated rings. The molecule has 144 valence electrons. The highest BCUT2D eigenvalue weighted by Crippen LogP contribution is 2.31. The number of nitrogens with zero attached hydrogens (tertiary/aromatic N) is 4. The molecule has 0 saturated carbocycles. The molecule has 2 aromatic heterocycles. The number of nitrogens with one attached hydrogen (secondary N) is 1. The smallest absolute Gasteiger partial charge is 0.255 e. The van der Waals surface area contributed by atoms with Crippen LogP contribution in [0.3, 0.4) is 0 Å². The SMILES string of the molecule is Cc1nnsc1CN(C)Cc1ccc2n(c1=O)C[C@@H]1CNC[C@H]2C1.Cl.Cl. The summed E-state index contributed by atoms with van der Waals surface area (Å²) in [5, 5.41) is 7.54. The van der Waals surface area contributed by atoms with Gasteiger partial charge in [0.05, 0.1) is 10.6 Å². The van der Waals surface area contributed by atoms with Crippen molar-refractivity contribution in [3.63, 3.8) is 0 Å². The maximum absolute atomic E-state index is 12.9. The van der Waals surface area contributed by atoms with E-state index in [1.165, 1.54) is 23.6 Å². The number of pyridine rings is 1. The molecule has 9 heteroatoms. The van der Waals surface area contributed by atoms with Crippen molar-refractivity contribution in [1.82, 2.24) is 24.4 Å². The van der Waals surface area contributed by atoms with Crippen molar-refractivity contribution < 1.29 is 0 Å². The van der Waals surface area contributed by atoms with Gasteiger partial charge in [-0.15, -0.1) is 29.9 Å². The number of aromatic nitrogens is 3. The first kappa shape index (κ1) is 21.3. The number of aryl methyl sites for hydroxylation is 1. The number of rotatable bonds is 4. The van der Waals surface area contributed by atoms with E-state index in [4.69, 9.17) is 0 Å². The molecule has 6 nitrogen and oxygen atoms in total. The summed E-state index contributed by atoms with van der Waals surface area (Å²) in [5.41, 5.74) is 3.26. The van der Waals surface area contributed by atoms with Gasteiger partial charge in [-0.1, -0.05) is 10.6 Å². The summed E-state index contributed by atoms with van der Waals surface area (Å²) in [6.45, 7) is 6.29. The number of hydrogen-bond acceptors (Lipinski definition) is 6. The van der Waals surface area contributed by atoms with Crippen LogP contribution >= 0.6 is 36.3 Å². The Hall–Kier alpha value is -0.990. The van der Waals surface area contributed by atoms with Gasteiger partial charge in [-0.25, -0.2) is 0 Å². The molecule has 1 N–H and O–H groups in total. The molecule has 0 aromatic carbocycles. The predicted octanol–water partition coefficient (Wildman–Crippen LogP) is 2.19. The molecule has 2 aromatic rings. The minimum Gasteiger partial charge on any atom is -0.316 e. The molecule has 0 aliphatic carbocycles. The Kier molecular flexibility index (Phi) is 7.21. The second-order valence-corrected chi connectivity index (χ2v) is 7.95. The average Bonchev–Trinajstić information content (AvgIpc) is 2.96. The molecule has 0 spiro atoms. The van der Waals surface area contributed by atoms with Crippen molar-refractivity contribution in [2.75, 3.05) is 20.1 Å². The summed E-state index contributed by atoms with van der Waals surface area (Å²) in [5.74, 6) is 1.08. The van der Waals surface area contributed by atoms with Gasteiger partial charge >= 0.3 is 0 Å². The molecule has 2 bridgehead atoms. The van der Waals surface area contributed by atoms with E-state index in [2.05, 4.69) is 25.9 Å². The average molecular weight is 418 g/mol. The minimum absolute atomic E-state index is 0. The van der Waals surface area contributed by atoms with Crippen molar-refractivity contribution in [2.24, 2.45) is 5.92 Å². The van der Waals surface area contributed by atoms with E-state index in [1.54, 1.807) is 0 Å². The predicted molar refractivity (Wildman–Crippen MR) is 109 cm³/mol. The monoisotopic (exact) mass is 417 g/mol. The van der Waals surface area contributed by atoms with Crippen LogP contribution in [-0.2, 0) is 19.6 Å². The Labute approximate surface area is 170 Å². The van der Waals surface area contributed by atoms with E-state index in [1.807, 2.05) is 24.6 Å². The molecule has 0 unspecified atom stereocenters. The Morgan fingerprint density at radius 3 is 2.85 bits per heavy atom. The molecule has 4 heterocycles. The third-order valence-corrected chi connectivity index (χ3v) is 5.99. The lowest BCUT2D eigenvalue weighted by Crippen LogP contribution is -2.45. The lowest BCUT2D eigenvalue weighted by Gasteiger charge is -2.37. The van der Waals surface area contributed by atoms with Crippen molar-refractivity contribution in [1.29, 1.82) is 0 Å². The second kappa shape index (κ2) is 8.80. The number of piperidine rings is 1. The first-order valence-electron chi connectivity index (χ1n) is 8.51. The summed E-state index contributed by atoms with van der Waals surface area (Å²) in [7, 11) is 2.04. The lowest BCUT2D eigenvalue weighted by molar-refractivity contribution is 0.254. The molecule has 0 amide bonds. The van der Waals surface area contributed by atoms with E-state index < -0.39 is 0 Å².